The number of nitrogens with zero attached hydrogens (tertiary/aromatic N) is 2. The highest BCUT2D eigenvalue weighted by atomic mass is 79.9. The lowest BCUT2D eigenvalue weighted by atomic mass is 10.2. The van der Waals surface area contributed by atoms with Gasteiger partial charge in [0, 0.05) is 10.7 Å². The summed E-state index contributed by atoms with van der Waals surface area (Å²) in [6, 6.07) is 7.34. The number of halogens is 2. The van der Waals surface area contributed by atoms with E-state index in [0.717, 1.165) is 16.6 Å². The fourth-order valence-corrected chi connectivity index (χ4v) is 2.77. The van der Waals surface area contributed by atoms with Crippen molar-refractivity contribution in [3.05, 3.63) is 46.3 Å². The Labute approximate surface area is 121 Å². The summed E-state index contributed by atoms with van der Waals surface area (Å²) in [5, 5.41) is 0.938. The summed E-state index contributed by atoms with van der Waals surface area (Å²) in [5.74, 6) is -0.365. The van der Waals surface area contributed by atoms with Crippen LogP contribution in [0.1, 0.15) is 5.56 Å². The van der Waals surface area contributed by atoms with Crippen molar-refractivity contribution in [2.75, 3.05) is 0 Å². The predicted molar refractivity (Wildman–Crippen MR) is 76.8 cm³/mol. The van der Waals surface area contributed by atoms with Crippen LogP contribution in [-0.4, -0.2) is 15.0 Å². The Morgan fingerprint density at radius 1 is 1.32 bits per heavy atom. The number of H-pyrrole nitrogens is 1. The number of benzene rings is 1. The molecule has 0 saturated carbocycles. The van der Waals surface area contributed by atoms with Crippen LogP contribution in [0.4, 0.5) is 4.39 Å². The molecule has 0 aliphatic rings. The first kappa shape index (κ1) is 12.6. The van der Waals surface area contributed by atoms with E-state index in [1.165, 1.54) is 17.8 Å². The van der Waals surface area contributed by atoms with Crippen LogP contribution in [0.2, 0.25) is 0 Å². The molecule has 3 aromatic rings. The van der Waals surface area contributed by atoms with Crippen molar-refractivity contribution in [2.24, 2.45) is 0 Å². The zero-order valence-electron chi connectivity index (χ0n) is 9.95. The van der Waals surface area contributed by atoms with Gasteiger partial charge in [0.25, 0.3) is 0 Å². The van der Waals surface area contributed by atoms with E-state index in [4.69, 9.17) is 0 Å². The number of aromatic nitrogens is 3. The maximum absolute atomic E-state index is 13.7. The molecule has 1 N–H and O–H groups in total. The Morgan fingerprint density at radius 2 is 2.16 bits per heavy atom. The van der Waals surface area contributed by atoms with Gasteiger partial charge in [-0.15, -0.1) is 0 Å². The zero-order chi connectivity index (χ0) is 13.4. The van der Waals surface area contributed by atoms with Crippen LogP contribution >= 0.6 is 27.7 Å². The van der Waals surface area contributed by atoms with Gasteiger partial charge in [0.2, 0.25) is 0 Å². The number of hydrogen-bond acceptors (Lipinski definition) is 3. The Balaban J connectivity index is 1.96. The monoisotopic (exact) mass is 337 g/mol. The molecule has 0 unspecified atom stereocenters. The molecule has 1 aromatic carbocycles. The van der Waals surface area contributed by atoms with E-state index < -0.39 is 0 Å². The summed E-state index contributed by atoms with van der Waals surface area (Å²) in [7, 11) is 0. The van der Waals surface area contributed by atoms with Crippen molar-refractivity contribution >= 4 is 38.7 Å². The molecule has 6 heteroatoms. The fraction of sp³-hybridized carbons (Fsp3) is 0.0769. The summed E-state index contributed by atoms with van der Waals surface area (Å²) in [4.78, 5) is 11.6. The van der Waals surface area contributed by atoms with Gasteiger partial charge in [-0.1, -0.05) is 6.07 Å². The van der Waals surface area contributed by atoms with Crippen molar-refractivity contribution in [3.63, 3.8) is 0 Å². The van der Waals surface area contributed by atoms with Crippen LogP contribution in [0.5, 0.6) is 0 Å². The first-order chi connectivity index (χ1) is 9.11. The second-order valence-corrected chi connectivity index (χ2v) is 6.00. The molecule has 3 rings (SSSR count). The Hall–Kier alpha value is -1.40. The molecular formula is C13H9BrFN3S. The van der Waals surface area contributed by atoms with E-state index in [0.29, 0.717) is 14.7 Å². The van der Waals surface area contributed by atoms with Crippen LogP contribution in [0, 0.1) is 12.7 Å². The van der Waals surface area contributed by atoms with E-state index in [9.17, 15) is 4.39 Å². The molecule has 2 heterocycles. The number of aryl methyl sites for hydroxylation is 1. The quantitative estimate of drug-likeness (QED) is 0.757. The number of nitrogens with one attached hydrogen (secondary N) is 1. The SMILES string of the molecule is Cc1ccc2nc(Sc3ncc(Br)cc3F)[nH]c2c1. The average Bonchev–Trinajstić information content (AvgIpc) is 2.74. The second-order valence-electron chi connectivity index (χ2n) is 4.11. The first-order valence-electron chi connectivity index (χ1n) is 5.57. The van der Waals surface area contributed by atoms with Crippen LogP contribution in [0.3, 0.4) is 0 Å². The van der Waals surface area contributed by atoms with Gasteiger partial charge in [-0.2, -0.15) is 0 Å². The molecule has 96 valence electrons. The molecule has 0 spiro atoms. The molecule has 0 amide bonds. The highest BCUT2D eigenvalue weighted by molar-refractivity contribution is 9.10. The van der Waals surface area contributed by atoms with Gasteiger partial charge in [-0.25, -0.2) is 14.4 Å². The summed E-state index contributed by atoms with van der Waals surface area (Å²) < 4.78 is 14.3. The number of pyridine rings is 1. The predicted octanol–water partition coefficient (Wildman–Crippen LogP) is 4.32. The molecule has 0 atom stereocenters. The molecule has 2 aromatic heterocycles. The Morgan fingerprint density at radius 3 is 2.95 bits per heavy atom. The van der Waals surface area contributed by atoms with Crippen LogP contribution in [0.25, 0.3) is 11.0 Å². The highest BCUT2D eigenvalue weighted by Gasteiger charge is 2.10. The lowest BCUT2D eigenvalue weighted by molar-refractivity contribution is 0.586. The van der Waals surface area contributed by atoms with Crippen LogP contribution in [-0.2, 0) is 0 Å². The minimum atomic E-state index is -0.365. The van der Waals surface area contributed by atoms with E-state index >= 15 is 0 Å². The van der Waals surface area contributed by atoms with Crippen LogP contribution < -0.4 is 0 Å². The third-order valence-corrected chi connectivity index (χ3v) is 3.90. The number of rotatable bonds is 2. The van der Waals surface area contributed by atoms with Gasteiger partial charge < -0.3 is 4.98 Å². The van der Waals surface area contributed by atoms with Gasteiger partial charge in [0.05, 0.1) is 11.0 Å². The fourth-order valence-electron chi connectivity index (χ4n) is 1.72. The van der Waals surface area contributed by atoms with E-state index in [2.05, 4.69) is 30.9 Å². The molecule has 0 aliphatic heterocycles. The largest absolute Gasteiger partial charge is 0.333 e. The third-order valence-electron chi connectivity index (χ3n) is 2.58. The van der Waals surface area contributed by atoms with Gasteiger partial charge in [0.1, 0.15) is 5.03 Å². The highest BCUT2D eigenvalue weighted by Crippen LogP contribution is 2.28. The number of hydrogen-bond donors (Lipinski definition) is 1. The topological polar surface area (TPSA) is 41.6 Å². The van der Waals surface area contributed by atoms with Gasteiger partial charge in [0.15, 0.2) is 11.0 Å². The van der Waals surface area contributed by atoms with Gasteiger partial charge >= 0.3 is 0 Å². The minimum Gasteiger partial charge on any atom is -0.333 e. The second kappa shape index (κ2) is 4.94. The van der Waals surface area contributed by atoms with Crippen molar-refractivity contribution < 1.29 is 4.39 Å². The summed E-state index contributed by atoms with van der Waals surface area (Å²) >= 11 is 4.36. The zero-order valence-corrected chi connectivity index (χ0v) is 12.3. The third kappa shape index (κ3) is 2.64. The van der Waals surface area contributed by atoms with E-state index in [1.807, 2.05) is 25.1 Å². The Bertz CT molecular complexity index is 757. The normalized spacial score (nSPS) is 11.1. The molecule has 0 bridgehead atoms. The first-order valence-corrected chi connectivity index (χ1v) is 7.18. The molecule has 0 aliphatic carbocycles. The van der Waals surface area contributed by atoms with E-state index in [1.54, 1.807) is 6.20 Å². The smallest absolute Gasteiger partial charge is 0.172 e. The lowest BCUT2D eigenvalue weighted by Gasteiger charge is -1.99. The lowest BCUT2D eigenvalue weighted by Crippen LogP contribution is -1.87. The molecule has 0 radical (unpaired) electrons. The standard InChI is InChI=1S/C13H9BrFN3S/c1-7-2-3-10-11(4-7)18-13(17-10)19-12-9(15)5-8(14)6-16-12/h2-6H,1H3,(H,17,18). The number of fused-ring (bicyclic) bond motifs is 1. The average molecular weight is 338 g/mol. The van der Waals surface area contributed by atoms with Crippen molar-refractivity contribution in [1.82, 2.24) is 15.0 Å². The van der Waals surface area contributed by atoms with E-state index in [-0.39, 0.29) is 5.82 Å². The molecule has 0 fully saturated rings. The Kier molecular flexibility index (Phi) is 3.28. The summed E-state index contributed by atoms with van der Waals surface area (Å²) in [6.45, 7) is 2.02. The maximum Gasteiger partial charge on any atom is 0.172 e. The number of aromatic amines is 1. The number of imidazole rings is 1. The van der Waals surface area contributed by atoms with Crippen molar-refractivity contribution in [1.29, 1.82) is 0 Å². The minimum absolute atomic E-state index is 0.305. The van der Waals surface area contributed by atoms with Gasteiger partial charge in [-0.05, 0) is 58.4 Å². The molecule has 19 heavy (non-hydrogen) atoms. The maximum atomic E-state index is 13.7. The molecular weight excluding hydrogens is 329 g/mol. The van der Waals surface area contributed by atoms with Gasteiger partial charge in [-0.3, -0.25) is 0 Å². The summed E-state index contributed by atoms with van der Waals surface area (Å²) in [5.41, 5.74) is 2.96. The summed E-state index contributed by atoms with van der Waals surface area (Å²) in [6.07, 6.45) is 1.57. The molecule has 0 saturated heterocycles. The van der Waals surface area contributed by atoms with Crippen LogP contribution in [0.15, 0.2) is 45.1 Å². The molecule has 3 nitrogen and oxygen atoms in total. The van der Waals surface area contributed by atoms with Crippen molar-refractivity contribution in [3.8, 4) is 0 Å². The van der Waals surface area contributed by atoms with Crippen molar-refractivity contribution in [2.45, 2.75) is 17.1 Å².